The van der Waals surface area contributed by atoms with Crippen LogP contribution in [-0.2, 0) is 19.2 Å². The first-order valence-electron chi connectivity index (χ1n) is 45.1. The highest BCUT2D eigenvalue weighted by atomic mass is 16.2. The van der Waals surface area contributed by atoms with Crippen LogP contribution in [0.3, 0.4) is 0 Å². The van der Waals surface area contributed by atoms with Crippen molar-refractivity contribution < 1.29 is 38.4 Å². The first kappa shape index (κ1) is 86.9. The molecule has 4 spiro atoms. The number of carbonyl (C=O) groups excluding carboxylic acids is 8. The summed E-state index contributed by atoms with van der Waals surface area (Å²) in [6.07, 6.45) is 16.1. The number of likely N-dealkylation sites (tertiary alicyclic amines) is 4. The van der Waals surface area contributed by atoms with E-state index in [2.05, 4.69) is 127 Å². The number of amides is 12. The summed E-state index contributed by atoms with van der Waals surface area (Å²) >= 11 is 0. The summed E-state index contributed by atoms with van der Waals surface area (Å²) < 4.78 is 0. The quantitative estimate of drug-likeness (QED) is 0.0863. The highest BCUT2D eigenvalue weighted by Crippen LogP contribution is 2.58. The Bertz CT molecular complexity index is 4550. The molecule has 2 unspecified atom stereocenters. The highest BCUT2D eigenvalue weighted by molar-refractivity contribution is 6.08. The van der Waals surface area contributed by atoms with Crippen LogP contribution >= 0.6 is 0 Å². The van der Waals surface area contributed by atoms with Crippen molar-refractivity contribution in [1.82, 2.24) is 30.2 Å². The molecule has 0 radical (unpaired) electrons. The molecule has 642 valence electrons. The third kappa shape index (κ3) is 19.2. The Morgan fingerprint density at radius 1 is 0.364 bits per heavy atom. The van der Waals surface area contributed by atoms with Crippen LogP contribution in [0.15, 0.2) is 200 Å². The molecule has 17 rings (SSSR count). The number of nitrogens with one attached hydrogen (secondary N) is 4. The van der Waals surface area contributed by atoms with E-state index in [4.69, 9.17) is 0 Å². The number of hydrogen-bond acceptors (Lipinski definition) is 8. The fourth-order valence-electron chi connectivity index (χ4n) is 20.3. The van der Waals surface area contributed by atoms with Crippen LogP contribution in [-0.4, -0.2) is 151 Å². The Morgan fingerprint density at radius 2 is 0.661 bits per heavy atom. The molecule has 10 fully saturated rings. The number of hydrogen-bond donors (Lipinski definition) is 4. The minimum atomic E-state index is -0.466. The van der Waals surface area contributed by atoms with Gasteiger partial charge in [0.2, 0.25) is 23.6 Å². The second-order valence-electron chi connectivity index (χ2n) is 38.7. The van der Waals surface area contributed by atoms with E-state index in [0.29, 0.717) is 99.9 Å². The molecule has 2 atom stereocenters. The SMILES string of the molecule is CC(C)(C)C1CCC(NC(=O)N2CCC3(CC2)CN(c2ccccc2)C3=O)CC1.CC(C)(C)C1CCC(NC(=O)N2CCC3(CC2)CN(c2ccccc2)C3=O)CC1.CC(C)c1ccc(NC(=O)N2CCC3(CC2)CN(c2ccccc2)C3=O)cc1.CCC(C)c1ccc(NC(=O)N2CCC3(CC2)C(=O)N(c2ccccc2)C3c2ccccc2)cc1. The van der Waals surface area contributed by atoms with Gasteiger partial charge in [0.15, 0.2) is 0 Å². The maximum absolute atomic E-state index is 13.6. The average Bonchev–Trinajstić information content (AvgIpc) is 0.698. The monoisotopic (exact) mass is 1640 g/mol. The molecular formula is C101H130N12O8. The molecule has 12 amide bonds. The molecule has 2 saturated carbocycles. The molecule has 0 bridgehead atoms. The van der Waals surface area contributed by atoms with E-state index in [0.717, 1.165) is 142 Å². The normalized spacial score (nSPS) is 22.9. The Balaban J connectivity index is 0.000000132. The van der Waals surface area contributed by atoms with Crippen molar-refractivity contribution in [2.24, 2.45) is 44.3 Å². The van der Waals surface area contributed by atoms with E-state index < -0.39 is 5.41 Å². The van der Waals surface area contributed by atoms with Gasteiger partial charge in [-0.3, -0.25) is 19.2 Å². The first-order chi connectivity index (χ1) is 58.1. The lowest BCUT2D eigenvalue weighted by molar-refractivity contribution is -0.144. The average molecular weight is 1640 g/mol. The standard InChI is InChI=1S/C30H33N3O2.2C24H35N3O2.C23H27N3O2/c1-3-22(2)23-14-16-25(17-15-23)31-29(35)32-20-18-30(19-21-32)27(24-10-6-4-7-11-24)33(28(30)34)26-12-8-5-9-13-26;2*1-23(2,3)18-9-11-19(12-10-18)25-22(29)26-15-13-24(14-16-26)17-27(21(24)28)20-7-5-4-6-8-20;1-17(2)18-8-10-19(11-9-18)24-22(28)25-14-12-23(13-15-25)16-26(21(23)27)20-6-4-3-5-7-20/h4-17,22,27H,3,18-21H2,1-2H3,(H,31,35);2*4-8,18-19H,9-17H2,1-3H3,(H,25,29);3-11,17H,12-16H2,1-2H3,(H,24,28). The molecular weight excluding hydrogens is 1510 g/mol. The van der Waals surface area contributed by atoms with Gasteiger partial charge in [0.05, 0.1) is 27.7 Å². The highest BCUT2D eigenvalue weighted by Gasteiger charge is 2.63. The Kier molecular flexibility index (Phi) is 26.6. The van der Waals surface area contributed by atoms with Gasteiger partial charge in [-0.25, -0.2) is 19.2 Å². The lowest BCUT2D eigenvalue weighted by Gasteiger charge is -2.59. The summed E-state index contributed by atoms with van der Waals surface area (Å²) in [5, 5.41) is 12.5. The van der Waals surface area contributed by atoms with Gasteiger partial charge in [-0.2, -0.15) is 0 Å². The van der Waals surface area contributed by atoms with Crippen molar-refractivity contribution in [3.63, 3.8) is 0 Å². The molecule has 20 heteroatoms. The Labute approximate surface area is 718 Å². The van der Waals surface area contributed by atoms with E-state index >= 15 is 0 Å². The van der Waals surface area contributed by atoms with Crippen LogP contribution in [0.25, 0.3) is 0 Å². The van der Waals surface area contributed by atoms with Crippen LogP contribution in [0.2, 0.25) is 0 Å². The number of rotatable bonds is 12. The predicted octanol–water partition coefficient (Wildman–Crippen LogP) is 19.9. The zero-order valence-electron chi connectivity index (χ0n) is 73.2. The second-order valence-corrected chi connectivity index (χ2v) is 38.7. The van der Waals surface area contributed by atoms with Gasteiger partial charge >= 0.3 is 24.1 Å². The lowest BCUT2D eigenvalue weighted by atomic mass is 9.62. The van der Waals surface area contributed by atoms with Crippen LogP contribution in [0.1, 0.15) is 213 Å². The van der Waals surface area contributed by atoms with Gasteiger partial charge in [0.1, 0.15) is 0 Å². The summed E-state index contributed by atoms with van der Waals surface area (Å²) in [5.41, 5.74) is 8.61. The lowest BCUT2D eigenvalue weighted by Crippen LogP contribution is -2.67. The summed E-state index contributed by atoms with van der Waals surface area (Å²) in [5.74, 6) is 3.30. The van der Waals surface area contributed by atoms with Crippen molar-refractivity contribution in [2.45, 2.75) is 208 Å². The maximum Gasteiger partial charge on any atom is 0.321 e. The number of β-lactam (4-membered cyclic amide) rings is 4. The molecule has 121 heavy (non-hydrogen) atoms. The molecule has 7 aromatic rings. The van der Waals surface area contributed by atoms with Gasteiger partial charge in [-0.1, -0.05) is 197 Å². The largest absolute Gasteiger partial charge is 0.335 e. The van der Waals surface area contributed by atoms with Gasteiger partial charge in [-0.05, 0) is 233 Å². The third-order valence-corrected chi connectivity index (χ3v) is 29.0. The Morgan fingerprint density at radius 3 is 0.967 bits per heavy atom. The number of para-hydroxylation sites is 4. The van der Waals surface area contributed by atoms with E-state index in [1.165, 1.54) is 36.8 Å². The van der Waals surface area contributed by atoms with E-state index in [1.54, 1.807) is 0 Å². The number of piperidine rings is 4. The molecule has 20 nitrogen and oxygen atoms in total. The van der Waals surface area contributed by atoms with Crippen LogP contribution in [0, 0.1) is 44.3 Å². The number of benzene rings is 7. The zero-order chi connectivity index (χ0) is 85.4. The van der Waals surface area contributed by atoms with Gasteiger partial charge in [0.25, 0.3) is 0 Å². The minimum absolute atomic E-state index is 0.0167. The fourth-order valence-corrected chi connectivity index (χ4v) is 20.3. The number of nitrogens with zero attached hydrogens (tertiary/aromatic N) is 8. The van der Waals surface area contributed by atoms with Crippen molar-refractivity contribution in [1.29, 1.82) is 0 Å². The second kappa shape index (κ2) is 37.1. The summed E-state index contributed by atoms with van der Waals surface area (Å²) in [6.45, 7) is 30.0. The van der Waals surface area contributed by atoms with Crippen molar-refractivity contribution in [3.05, 3.63) is 217 Å². The van der Waals surface area contributed by atoms with Crippen LogP contribution < -0.4 is 40.9 Å². The predicted molar refractivity (Wildman–Crippen MR) is 484 cm³/mol. The topological polar surface area (TPSA) is 211 Å². The first-order valence-corrected chi connectivity index (χ1v) is 45.1. The van der Waals surface area contributed by atoms with E-state index in [1.807, 2.05) is 203 Å². The summed E-state index contributed by atoms with van der Waals surface area (Å²) in [7, 11) is 0. The molecule has 10 aliphatic rings. The van der Waals surface area contributed by atoms with E-state index in [9.17, 15) is 38.4 Å². The number of anilines is 6. The maximum atomic E-state index is 13.6. The van der Waals surface area contributed by atoms with E-state index in [-0.39, 0.29) is 70.0 Å². The van der Waals surface area contributed by atoms with Crippen molar-refractivity contribution in [2.75, 3.05) is 102 Å². The molecule has 2 aliphatic carbocycles. The van der Waals surface area contributed by atoms with Gasteiger partial charge < -0.3 is 60.5 Å². The Hall–Kier alpha value is -10.5. The summed E-state index contributed by atoms with van der Waals surface area (Å²) in [4.78, 5) is 118. The van der Waals surface area contributed by atoms with Crippen LogP contribution in [0.4, 0.5) is 53.3 Å². The van der Waals surface area contributed by atoms with Gasteiger partial charge in [0, 0.05) is 118 Å². The minimum Gasteiger partial charge on any atom is -0.335 e. The number of carbonyl (C=O) groups is 8. The van der Waals surface area contributed by atoms with Crippen molar-refractivity contribution in [3.8, 4) is 0 Å². The van der Waals surface area contributed by atoms with Crippen molar-refractivity contribution >= 4 is 81.9 Å². The third-order valence-electron chi connectivity index (χ3n) is 29.0. The smallest absolute Gasteiger partial charge is 0.321 e. The molecule has 4 N–H and O–H groups in total. The molecule has 8 heterocycles. The molecule has 7 aromatic carbocycles. The number of urea groups is 4. The molecule has 0 aromatic heterocycles. The summed E-state index contributed by atoms with van der Waals surface area (Å²) in [6, 6.07) is 66.4. The molecule has 8 saturated heterocycles. The fraction of sp³-hybridized carbons (Fsp3) is 0.505. The molecule has 8 aliphatic heterocycles. The van der Waals surface area contributed by atoms with Crippen LogP contribution in [0.5, 0.6) is 0 Å². The zero-order valence-corrected chi connectivity index (χ0v) is 73.2. The van der Waals surface area contributed by atoms with Gasteiger partial charge in [-0.15, -0.1) is 0 Å².